The van der Waals surface area contributed by atoms with Gasteiger partial charge in [0.05, 0.1) is 11.4 Å². The number of rotatable bonds is 7. The zero-order valence-electron chi connectivity index (χ0n) is 18.7. The minimum absolute atomic E-state index is 0. The number of aliphatic imine (C=N–C) groups is 1. The highest BCUT2D eigenvalue weighted by molar-refractivity contribution is 14.0. The van der Waals surface area contributed by atoms with Gasteiger partial charge in [0.1, 0.15) is 0 Å². The van der Waals surface area contributed by atoms with E-state index >= 15 is 0 Å². The molecule has 0 aliphatic rings. The molecule has 0 amide bonds. The topological polar surface area (TPSA) is 70.6 Å². The van der Waals surface area contributed by atoms with E-state index in [0.29, 0.717) is 11.4 Å². The molecule has 0 saturated heterocycles. The number of nitrogens with one attached hydrogen (secondary N) is 2. The summed E-state index contributed by atoms with van der Waals surface area (Å²) in [7, 11) is -3.20. The summed E-state index contributed by atoms with van der Waals surface area (Å²) in [5, 5.41) is 6.72. The van der Waals surface area contributed by atoms with E-state index in [-0.39, 0.29) is 29.4 Å². The quantitative estimate of drug-likeness (QED) is 0.310. The van der Waals surface area contributed by atoms with Crippen molar-refractivity contribution < 1.29 is 8.42 Å². The van der Waals surface area contributed by atoms with E-state index in [1.807, 2.05) is 26.0 Å². The summed E-state index contributed by atoms with van der Waals surface area (Å²) in [6.45, 7) is 12.4. The third-order valence-corrected chi connectivity index (χ3v) is 6.19. The number of aryl methyl sites for hydroxylation is 2. The molecule has 5 nitrogen and oxygen atoms in total. The lowest BCUT2D eigenvalue weighted by Gasteiger charge is -2.27. The van der Waals surface area contributed by atoms with Crippen LogP contribution in [-0.4, -0.2) is 33.7 Å². The van der Waals surface area contributed by atoms with Gasteiger partial charge in [-0.2, -0.15) is 0 Å². The lowest BCUT2D eigenvalue weighted by atomic mass is 9.84. The van der Waals surface area contributed by atoms with Crippen molar-refractivity contribution in [1.82, 2.24) is 10.6 Å². The number of hydrogen-bond donors (Lipinski definition) is 2. The predicted octanol–water partition coefficient (Wildman–Crippen LogP) is 4.36. The average molecular weight is 544 g/mol. The van der Waals surface area contributed by atoms with Crippen LogP contribution in [0.4, 0.5) is 0 Å². The second-order valence-electron chi connectivity index (χ2n) is 8.17. The van der Waals surface area contributed by atoms with Crippen molar-refractivity contribution in [2.75, 3.05) is 19.3 Å². The second-order valence-corrected chi connectivity index (χ2v) is 10.2. The van der Waals surface area contributed by atoms with Gasteiger partial charge < -0.3 is 10.6 Å². The van der Waals surface area contributed by atoms with Crippen molar-refractivity contribution in [2.45, 2.75) is 51.5 Å². The van der Waals surface area contributed by atoms with E-state index in [4.69, 9.17) is 0 Å². The normalized spacial score (nSPS) is 12.3. The Kier molecular flexibility index (Phi) is 9.81. The fraction of sp³-hybridized carbons (Fsp3) is 0.435. The monoisotopic (exact) mass is 543 g/mol. The predicted molar refractivity (Wildman–Crippen MR) is 137 cm³/mol. The van der Waals surface area contributed by atoms with Gasteiger partial charge in [-0.1, -0.05) is 55.8 Å². The number of nitrogens with zero attached hydrogens (tertiary/aromatic N) is 1. The SMILES string of the molecule is CCNC(=NCc1ccc(S(C)(=O)=O)c(C)c1)NCC(C)(C)c1ccc(C)cc1.I. The molecule has 2 rings (SSSR count). The summed E-state index contributed by atoms with van der Waals surface area (Å²) in [5.74, 6) is 0.748. The van der Waals surface area contributed by atoms with Gasteiger partial charge in [0.25, 0.3) is 0 Å². The first-order valence-electron chi connectivity index (χ1n) is 9.92. The van der Waals surface area contributed by atoms with Crippen molar-refractivity contribution in [3.63, 3.8) is 0 Å². The fourth-order valence-corrected chi connectivity index (χ4v) is 4.11. The molecule has 0 aliphatic carbocycles. The minimum atomic E-state index is -3.20. The first-order valence-corrected chi connectivity index (χ1v) is 11.8. The van der Waals surface area contributed by atoms with Crippen molar-refractivity contribution in [1.29, 1.82) is 0 Å². The summed E-state index contributed by atoms with van der Waals surface area (Å²) in [4.78, 5) is 5.04. The first kappa shape index (κ1) is 26.4. The molecule has 0 bridgehead atoms. The standard InChI is InChI=1S/C23H33N3O2S.HI/c1-7-24-22(26-16-23(4,5)20-11-8-17(2)9-12-20)25-15-19-10-13-21(18(3)14-19)29(6,27)28;/h8-14H,7,15-16H2,1-6H3,(H2,24,25,26);1H. The average Bonchev–Trinajstić information content (AvgIpc) is 2.63. The van der Waals surface area contributed by atoms with Crippen LogP contribution in [0, 0.1) is 13.8 Å². The van der Waals surface area contributed by atoms with Gasteiger partial charge in [0.15, 0.2) is 15.8 Å². The van der Waals surface area contributed by atoms with E-state index in [2.05, 4.69) is 60.7 Å². The molecular formula is C23H34IN3O2S. The Hall–Kier alpha value is -1.61. The number of benzene rings is 2. The molecule has 2 N–H and O–H groups in total. The molecular weight excluding hydrogens is 509 g/mol. The molecule has 2 aromatic rings. The van der Waals surface area contributed by atoms with Crippen LogP contribution in [0.2, 0.25) is 0 Å². The largest absolute Gasteiger partial charge is 0.357 e. The molecule has 0 radical (unpaired) electrons. The zero-order chi connectivity index (χ0) is 21.7. The van der Waals surface area contributed by atoms with E-state index in [0.717, 1.165) is 30.2 Å². The summed E-state index contributed by atoms with van der Waals surface area (Å²) in [6, 6.07) is 14.0. The Balaban J connectivity index is 0.00000450. The molecule has 166 valence electrons. The van der Waals surface area contributed by atoms with E-state index in [1.54, 1.807) is 6.07 Å². The number of hydrogen-bond acceptors (Lipinski definition) is 3. The fourth-order valence-electron chi connectivity index (χ4n) is 3.15. The van der Waals surface area contributed by atoms with Crippen molar-refractivity contribution in [3.8, 4) is 0 Å². The molecule has 0 heterocycles. The van der Waals surface area contributed by atoms with Crippen LogP contribution in [0.15, 0.2) is 52.4 Å². The summed E-state index contributed by atoms with van der Waals surface area (Å²) in [5.41, 5.74) is 4.21. The van der Waals surface area contributed by atoms with Crippen LogP contribution in [0.3, 0.4) is 0 Å². The lowest BCUT2D eigenvalue weighted by molar-refractivity contribution is 0.508. The molecule has 0 spiro atoms. The molecule has 0 aromatic heterocycles. The molecule has 30 heavy (non-hydrogen) atoms. The molecule has 0 atom stereocenters. The van der Waals surface area contributed by atoms with Crippen LogP contribution >= 0.6 is 24.0 Å². The zero-order valence-corrected chi connectivity index (χ0v) is 21.9. The van der Waals surface area contributed by atoms with E-state index in [9.17, 15) is 8.42 Å². The third kappa shape index (κ3) is 7.58. The Morgan fingerprint density at radius 3 is 2.20 bits per heavy atom. The Bertz CT molecular complexity index is 968. The van der Waals surface area contributed by atoms with Gasteiger partial charge in [-0.05, 0) is 43.5 Å². The van der Waals surface area contributed by atoms with Crippen molar-refractivity contribution in [2.24, 2.45) is 4.99 Å². The molecule has 0 saturated carbocycles. The van der Waals surface area contributed by atoms with Gasteiger partial charge in [-0.3, -0.25) is 0 Å². The van der Waals surface area contributed by atoms with Gasteiger partial charge in [0, 0.05) is 24.8 Å². The second kappa shape index (κ2) is 11.1. The van der Waals surface area contributed by atoms with Gasteiger partial charge in [0.2, 0.25) is 0 Å². The number of guanidine groups is 1. The smallest absolute Gasteiger partial charge is 0.191 e. The maximum absolute atomic E-state index is 11.8. The number of halogens is 1. The van der Waals surface area contributed by atoms with Crippen molar-refractivity contribution >= 4 is 39.8 Å². The minimum Gasteiger partial charge on any atom is -0.357 e. The lowest BCUT2D eigenvalue weighted by Crippen LogP contribution is -2.43. The van der Waals surface area contributed by atoms with Crippen LogP contribution in [-0.2, 0) is 21.8 Å². The van der Waals surface area contributed by atoms with Crippen LogP contribution in [0.1, 0.15) is 43.0 Å². The molecule has 2 aromatic carbocycles. The van der Waals surface area contributed by atoms with Gasteiger partial charge >= 0.3 is 0 Å². The third-order valence-electron chi connectivity index (χ3n) is 4.93. The summed E-state index contributed by atoms with van der Waals surface area (Å²) >= 11 is 0. The number of sulfone groups is 1. The molecule has 0 fully saturated rings. The summed E-state index contributed by atoms with van der Waals surface area (Å²) < 4.78 is 23.6. The van der Waals surface area contributed by atoms with Crippen LogP contribution < -0.4 is 10.6 Å². The van der Waals surface area contributed by atoms with E-state index in [1.165, 1.54) is 17.4 Å². The summed E-state index contributed by atoms with van der Waals surface area (Å²) in [6.07, 6.45) is 1.23. The maximum Gasteiger partial charge on any atom is 0.191 e. The first-order chi connectivity index (χ1) is 13.5. The van der Waals surface area contributed by atoms with Crippen LogP contribution in [0.5, 0.6) is 0 Å². The molecule has 7 heteroatoms. The molecule has 0 unspecified atom stereocenters. The van der Waals surface area contributed by atoms with Crippen molar-refractivity contribution in [3.05, 3.63) is 64.7 Å². The van der Waals surface area contributed by atoms with E-state index < -0.39 is 9.84 Å². The highest BCUT2D eigenvalue weighted by Gasteiger charge is 2.20. The highest BCUT2D eigenvalue weighted by Crippen LogP contribution is 2.22. The Labute approximate surface area is 198 Å². The van der Waals surface area contributed by atoms with Crippen LogP contribution in [0.25, 0.3) is 0 Å². The van der Waals surface area contributed by atoms with Gasteiger partial charge in [-0.25, -0.2) is 13.4 Å². The van der Waals surface area contributed by atoms with Gasteiger partial charge in [-0.15, -0.1) is 24.0 Å². The highest BCUT2D eigenvalue weighted by atomic mass is 127. The Morgan fingerprint density at radius 1 is 1.03 bits per heavy atom. The molecule has 0 aliphatic heterocycles. The maximum atomic E-state index is 11.8. The Morgan fingerprint density at radius 2 is 1.67 bits per heavy atom.